The third-order valence-electron chi connectivity index (χ3n) is 7.73. The van der Waals surface area contributed by atoms with Gasteiger partial charge in [0.05, 0.1) is 0 Å². The van der Waals surface area contributed by atoms with Crippen LogP contribution in [-0.4, -0.2) is 12.6 Å². The quantitative estimate of drug-likeness (QED) is 0.0548. The van der Waals surface area contributed by atoms with Crippen molar-refractivity contribution in [3.05, 3.63) is 72.4 Å². The number of hydrogen-bond donors (Lipinski definition) is 0. The number of carbonyl (C=O) groups excluding carboxylic acids is 1. The Bertz CT molecular complexity index is 792. The number of allylic oxidation sites excluding steroid dienone is 11. The van der Waals surface area contributed by atoms with Crippen molar-refractivity contribution in [3.8, 4) is 0 Å². The second kappa shape index (κ2) is 30.4. The molecule has 2 nitrogen and oxygen atoms in total. The van der Waals surface area contributed by atoms with E-state index in [4.69, 9.17) is 4.74 Å². The van der Waals surface area contributed by atoms with Gasteiger partial charge in [-0.15, -0.1) is 0 Å². The number of ether oxygens (including phenoxy) is 1. The Morgan fingerprint density at radius 3 is 1.60 bits per heavy atom. The number of unbranched alkanes of at least 4 members (excludes halogenated alkanes) is 1. The molecular formula is C40H68O2. The highest BCUT2D eigenvalue weighted by atomic mass is 16.5. The molecule has 0 aliphatic carbocycles. The van der Waals surface area contributed by atoms with Crippen LogP contribution in [0.2, 0.25) is 0 Å². The van der Waals surface area contributed by atoms with Crippen molar-refractivity contribution in [2.45, 2.75) is 151 Å². The van der Waals surface area contributed by atoms with Crippen molar-refractivity contribution >= 4 is 5.97 Å². The first kappa shape index (κ1) is 39.9. The van der Waals surface area contributed by atoms with E-state index in [2.05, 4.69) is 108 Å². The summed E-state index contributed by atoms with van der Waals surface area (Å²) in [4.78, 5) is 12.0. The van der Waals surface area contributed by atoms with Crippen LogP contribution in [-0.2, 0) is 9.53 Å². The molecule has 0 aliphatic rings. The lowest BCUT2D eigenvalue weighted by molar-refractivity contribution is -0.142. The average molecular weight is 581 g/mol. The molecule has 0 radical (unpaired) electrons. The molecule has 2 heteroatoms. The molecule has 0 bridgehead atoms. The molecule has 0 spiro atoms. The first-order valence-corrected chi connectivity index (χ1v) is 17.4. The maximum absolute atomic E-state index is 12.0. The molecule has 0 aromatic carbocycles. The minimum atomic E-state index is -0.0848. The highest BCUT2D eigenvalue weighted by Crippen LogP contribution is 2.22. The van der Waals surface area contributed by atoms with Crippen LogP contribution in [0.25, 0.3) is 0 Å². The van der Waals surface area contributed by atoms with Crippen LogP contribution in [0.1, 0.15) is 151 Å². The van der Waals surface area contributed by atoms with Gasteiger partial charge in [-0.3, -0.25) is 4.79 Å². The van der Waals surface area contributed by atoms with Gasteiger partial charge in [0.25, 0.3) is 0 Å². The summed E-state index contributed by atoms with van der Waals surface area (Å²) < 4.78 is 5.42. The standard InChI is InChI=1S/C40H68O2/c1-7-8-9-10-11-12-13-14-15-16-17-18-19-20-21-22-23-33-40(41)42-35-34-39(6)32-26-31-38(5)30-25-29-37(4)28-24-27-36(2)3/h8-9,11-12,14-15,17-18,20-21,34,36-38H,7,10,13,16,19,22-33,35H2,1-6H3/b9-8-,12-11-,15-14-,18-17-,21-20-,39-34+. The van der Waals surface area contributed by atoms with Gasteiger partial charge in [-0.2, -0.15) is 0 Å². The number of rotatable bonds is 27. The SMILES string of the molecule is CC/C=C\C/C=C\C/C=C\C/C=C\C/C=C\CCCC(=O)OC/C=C(\C)CCCC(C)CCCC(C)CCCC(C)C. The zero-order valence-electron chi connectivity index (χ0n) is 28.6. The van der Waals surface area contributed by atoms with Crippen LogP contribution in [0.15, 0.2) is 72.4 Å². The molecule has 2 atom stereocenters. The lowest BCUT2D eigenvalue weighted by Gasteiger charge is -2.15. The normalized spacial score (nSPS) is 14.5. The topological polar surface area (TPSA) is 26.3 Å². The van der Waals surface area contributed by atoms with Crippen LogP contribution >= 0.6 is 0 Å². The Hall–Kier alpha value is -2.09. The highest BCUT2D eigenvalue weighted by Gasteiger charge is 2.07. The van der Waals surface area contributed by atoms with Crippen molar-refractivity contribution in [2.75, 3.05) is 6.61 Å². The molecule has 0 heterocycles. The fraction of sp³-hybridized carbons (Fsp3) is 0.675. The lowest BCUT2D eigenvalue weighted by Crippen LogP contribution is -2.04. The summed E-state index contributed by atoms with van der Waals surface area (Å²) in [6.45, 7) is 14.2. The lowest BCUT2D eigenvalue weighted by atomic mass is 9.91. The van der Waals surface area contributed by atoms with E-state index in [-0.39, 0.29) is 5.97 Å². The summed E-state index contributed by atoms with van der Waals surface area (Å²) in [6, 6.07) is 0. The van der Waals surface area contributed by atoms with Crippen LogP contribution in [0.3, 0.4) is 0 Å². The monoisotopic (exact) mass is 581 g/mol. The van der Waals surface area contributed by atoms with E-state index in [1.807, 2.05) is 0 Å². The molecule has 0 saturated carbocycles. The molecule has 0 saturated heterocycles. The van der Waals surface area contributed by atoms with Crippen molar-refractivity contribution in [1.29, 1.82) is 0 Å². The second-order valence-corrected chi connectivity index (χ2v) is 12.7. The van der Waals surface area contributed by atoms with Crippen molar-refractivity contribution < 1.29 is 9.53 Å². The van der Waals surface area contributed by atoms with E-state index >= 15 is 0 Å². The van der Waals surface area contributed by atoms with Gasteiger partial charge < -0.3 is 4.74 Å². The number of hydrogen-bond acceptors (Lipinski definition) is 2. The van der Waals surface area contributed by atoms with E-state index in [9.17, 15) is 4.79 Å². The van der Waals surface area contributed by atoms with Crippen LogP contribution in [0, 0.1) is 17.8 Å². The Morgan fingerprint density at radius 1 is 0.595 bits per heavy atom. The first-order chi connectivity index (χ1) is 20.3. The van der Waals surface area contributed by atoms with Gasteiger partial charge in [0.1, 0.15) is 6.61 Å². The first-order valence-electron chi connectivity index (χ1n) is 17.4. The van der Waals surface area contributed by atoms with Gasteiger partial charge in [-0.1, -0.05) is 146 Å². The fourth-order valence-corrected chi connectivity index (χ4v) is 4.89. The van der Waals surface area contributed by atoms with Gasteiger partial charge >= 0.3 is 5.97 Å². The predicted molar refractivity (Wildman–Crippen MR) is 188 cm³/mol. The molecule has 0 amide bonds. The predicted octanol–water partition coefficient (Wildman–Crippen LogP) is 12.8. The van der Waals surface area contributed by atoms with E-state index < -0.39 is 0 Å². The van der Waals surface area contributed by atoms with Gasteiger partial charge in [0.2, 0.25) is 0 Å². The minimum absolute atomic E-state index is 0.0848. The summed E-state index contributed by atoms with van der Waals surface area (Å²) in [6.07, 6.45) is 43.4. The molecular weight excluding hydrogens is 512 g/mol. The Kier molecular flexibility index (Phi) is 28.9. The summed E-state index contributed by atoms with van der Waals surface area (Å²) in [5, 5.41) is 0. The summed E-state index contributed by atoms with van der Waals surface area (Å²) >= 11 is 0. The van der Waals surface area contributed by atoms with Crippen LogP contribution < -0.4 is 0 Å². The van der Waals surface area contributed by atoms with E-state index in [0.29, 0.717) is 13.0 Å². The maximum Gasteiger partial charge on any atom is 0.306 e. The highest BCUT2D eigenvalue weighted by molar-refractivity contribution is 5.69. The fourth-order valence-electron chi connectivity index (χ4n) is 4.89. The van der Waals surface area contributed by atoms with E-state index in [1.165, 1.54) is 56.9 Å². The third kappa shape index (κ3) is 30.9. The molecule has 2 unspecified atom stereocenters. The summed E-state index contributed by atoms with van der Waals surface area (Å²) in [7, 11) is 0. The average Bonchev–Trinajstić information content (AvgIpc) is 2.94. The smallest absolute Gasteiger partial charge is 0.306 e. The van der Waals surface area contributed by atoms with Crippen LogP contribution in [0.5, 0.6) is 0 Å². The number of esters is 1. The molecule has 42 heavy (non-hydrogen) atoms. The van der Waals surface area contributed by atoms with E-state index in [1.54, 1.807) is 0 Å². The van der Waals surface area contributed by atoms with Crippen LogP contribution in [0.4, 0.5) is 0 Å². The Labute approximate surface area is 262 Å². The van der Waals surface area contributed by atoms with Crippen molar-refractivity contribution in [2.24, 2.45) is 17.8 Å². The van der Waals surface area contributed by atoms with Gasteiger partial charge in [-0.05, 0) is 88.5 Å². The largest absolute Gasteiger partial charge is 0.461 e. The van der Waals surface area contributed by atoms with Gasteiger partial charge in [-0.25, -0.2) is 0 Å². The van der Waals surface area contributed by atoms with E-state index in [0.717, 1.165) is 69.1 Å². The zero-order chi connectivity index (χ0) is 31.1. The molecule has 0 aromatic heterocycles. The maximum atomic E-state index is 12.0. The van der Waals surface area contributed by atoms with Gasteiger partial charge in [0, 0.05) is 6.42 Å². The molecule has 0 N–H and O–H groups in total. The number of carbonyl (C=O) groups is 1. The molecule has 0 fully saturated rings. The molecule has 0 aliphatic heterocycles. The minimum Gasteiger partial charge on any atom is -0.461 e. The molecule has 240 valence electrons. The molecule has 0 aromatic rings. The van der Waals surface area contributed by atoms with Gasteiger partial charge in [0.15, 0.2) is 0 Å². The summed E-state index contributed by atoms with van der Waals surface area (Å²) in [5.74, 6) is 2.44. The summed E-state index contributed by atoms with van der Waals surface area (Å²) in [5.41, 5.74) is 1.34. The Morgan fingerprint density at radius 2 is 1.07 bits per heavy atom. The zero-order valence-corrected chi connectivity index (χ0v) is 28.6. The van der Waals surface area contributed by atoms with Crippen molar-refractivity contribution in [3.63, 3.8) is 0 Å². The van der Waals surface area contributed by atoms with Crippen molar-refractivity contribution in [1.82, 2.24) is 0 Å². The second-order valence-electron chi connectivity index (χ2n) is 12.7. The molecule has 0 rings (SSSR count). The Balaban J connectivity index is 3.72. The third-order valence-corrected chi connectivity index (χ3v) is 7.73.